The fourth-order valence-electron chi connectivity index (χ4n) is 0. The molecule has 0 spiro atoms. The van der Waals surface area contributed by atoms with Crippen molar-refractivity contribution < 1.29 is 8.76 Å². The van der Waals surface area contributed by atoms with Gasteiger partial charge in [-0.25, -0.2) is 4.21 Å². The van der Waals surface area contributed by atoms with E-state index in [2.05, 4.69) is 0 Å². The van der Waals surface area contributed by atoms with Crippen molar-refractivity contribution in [2.45, 2.75) is 6.92 Å². The minimum atomic E-state index is -1.57. The van der Waals surface area contributed by atoms with Crippen LogP contribution >= 0.6 is 0 Å². The van der Waals surface area contributed by atoms with E-state index in [1.807, 2.05) is 0 Å². The topological polar surface area (TPSA) is 37.3 Å². The third kappa shape index (κ3) is 9.22. The Bertz CT molecular complexity index is 46.8. The molecular weight excluding hydrogens is 127 g/mol. The third-order valence-electron chi connectivity index (χ3n) is 0.247. The summed E-state index contributed by atoms with van der Waals surface area (Å²) in [6.45, 7) is 1.65. The van der Waals surface area contributed by atoms with Crippen molar-refractivity contribution in [3.63, 3.8) is 0 Å². The van der Waals surface area contributed by atoms with Crippen LogP contribution in [0.5, 0.6) is 0 Å². The van der Waals surface area contributed by atoms with Gasteiger partial charge in [-0.2, -0.15) is 0 Å². The fraction of sp³-hybridized carbons (Fsp3) is 1.00. The van der Waals surface area contributed by atoms with Crippen LogP contribution in [0, 0.1) is 0 Å². The molecule has 0 aromatic heterocycles. The van der Waals surface area contributed by atoms with Crippen LogP contribution in [0.1, 0.15) is 6.92 Å². The molecule has 0 aromatic rings. The zero-order valence-electron chi connectivity index (χ0n) is 3.97. The standard InChI is InChI=1S/C2H6O2S.K/c1-2-5(3)4;/h2H2,1H3,(H,3,4);. The molecule has 0 rings (SSSR count). The van der Waals surface area contributed by atoms with E-state index in [1.54, 1.807) is 6.92 Å². The maximum Gasteiger partial charge on any atom is 0.152 e. The Labute approximate surface area is 82.4 Å². The first kappa shape index (κ1) is 10.7. The molecule has 1 radical (unpaired) electrons. The molecule has 0 saturated carbocycles. The van der Waals surface area contributed by atoms with Gasteiger partial charge in [-0.1, -0.05) is 6.92 Å². The SMILES string of the molecule is CCS(=O)O.[K]. The maximum atomic E-state index is 9.48. The van der Waals surface area contributed by atoms with Crippen molar-refractivity contribution in [2.75, 3.05) is 5.75 Å². The molecule has 0 aliphatic heterocycles. The first-order valence-corrected chi connectivity index (χ1v) is 2.62. The van der Waals surface area contributed by atoms with Gasteiger partial charge >= 0.3 is 0 Å². The van der Waals surface area contributed by atoms with Crippen LogP contribution < -0.4 is 0 Å². The van der Waals surface area contributed by atoms with Gasteiger partial charge in [0.05, 0.1) is 0 Å². The molecule has 0 aromatic carbocycles. The van der Waals surface area contributed by atoms with Gasteiger partial charge in [0, 0.05) is 57.1 Å². The van der Waals surface area contributed by atoms with Crippen molar-refractivity contribution >= 4 is 62.5 Å². The average molecular weight is 133 g/mol. The summed E-state index contributed by atoms with van der Waals surface area (Å²) in [6, 6.07) is 0. The monoisotopic (exact) mass is 133 g/mol. The largest absolute Gasteiger partial charge is 0.306 e. The summed E-state index contributed by atoms with van der Waals surface area (Å²) in [7, 11) is 0. The van der Waals surface area contributed by atoms with Crippen LogP contribution in [0.4, 0.5) is 0 Å². The Hall–Kier alpha value is 1.75. The van der Waals surface area contributed by atoms with Crippen LogP contribution in [-0.2, 0) is 11.1 Å². The van der Waals surface area contributed by atoms with Crippen molar-refractivity contribution in [2.24, 2.45) is 0 Å². The maximum absolute atomic E-state index is 9.48. The Morgan fingerprint density at radius 2 is 2.00 bits per heavy atom. The van der Waals surface area contributed by atoms with E-state index in [0.29, 0.717) is 5.75 Å². The Kier molecular flexibility index (Phi) is 12.0. The molecule has 0 aliphatic carbocycles. The van der Waals surface area contributed by atoms with E-state index in [-0.39, 0.29) is 51.4 Å². The molecule has 2 nitrogen and oxygen atoms in total. The molecule has 1 N–H and O–H groups in total. The summed E-state index contributed by atoms with van der Waals surface area (Å²) < 4.78 is 17.3. The summed E-state index contributed by atoms with van der Waals surface area (Å²) in [5.74, 6) is 0.333. The van der Waals surface area contributed by atoms with Gasteiger partial charge in [0.25, 0.3) is 0 Å². The fourth-order valence-corrected chi connectivity index (χ4v) is 0. The molecule has 0 aliphatic rings. The predicted molar refractivity (Wildman–Crippen MR) is 27.1 cm³/mol. The molecule has 6 heavy (non-hydrogen) atoms. The van der Waals surface area contributed by atoms with Crippen LogP contribution in [0.15, 0.2) is 0 Å². The molecule has 1 atom stereocenters. The number of rotatable bonds is 1. The molecular formula is C2H6KO2S. The molecule has 1 unspecified atom stereocenters. The van der Waals surface area contributed by atoms with Crippen molar-refractivity contribution in [1.82, 2.24) is 0 Å². The minimum absolute atomic E-state index is 0. The number of hydrogen-bond acceptors (Lipinski definition) is 1. The molecule has 0 bridgehead atoms. The Morgan fingerprint density at radius 1 is 1.83 bits per heavy atom. The van der Waals surface area contributed by atoms with Crippen LogP contribution in [0.3, 0.4) is 0 Å². The van der Waals surface area contributed by atoms with Crippen LogP contribution in [0.2, 0.25) is 0 Å². The zero-order valence-corrected chi connectivity index (χ0v) is 7.91. The van der Waals surface area contributed by atoms with E-state index in [4.69, 9.17) is 4.55 Å². The third-order valence-corrected chi connectivity index (χ3v) is 0.741. The Balaban J connectivity index is 0. The van der Waals surface area contributed by atoms with Crippen molar-refractivity contribution in [3.8, 4) is 0 Å². The van der Waals surface area contributed by atoms with E-state index < -0.39 is 11.1 Å². The van der Waals surface area contributed by atoms with Gasteiger partial charge in [-0.05, 0) is 0 Å². The van der Waals surface area contributed by atoms with Gasteiger partial charge in [-0.15, -0.1) is 0 Å². The summed E-state index contributed by atoms with van der Waals surface area (Å²) in [6.07, 6.45) is 0. The normalized spacial score (nSPS) is 12.3. The first-order valence-electron chi connectivity index (χ1n) is 1.35. The van der Waals surface area contributed by atoms with Crippen LogP contribution in [-0.4, -0.2) is 65.9 Å². The molecule has 0 fully saturated rings. The zero-order chi connectivity index (χ0) is 4.28. The molecule has 0 saturated heterocycles. The van der Waals surface area contributed by atoms with E-state index in [1.165, 1.54) is 0 Å². The van der Waals surface area contributed by atoms with Gasteiger partial charge in [0.15, 0.2) is 11.1 Å². The smallest absolute Gasteiger partial charge is 0.152 e. The van der Waals surface area contributed by atoms with Gasteiger partial charge in [-0.3, -0.25) is 0 Å². The van der Waals surface area contributed by atoms with E-state index >= 15 is 0 Å². The molecule has 33 valence electrons. The predicted octanol–water partition coefficient (Wildman–Crippen LogP) is -0.153. The van der Waals surface area contributed by atoms with E-state index in [9.17, 15) is 4.21 Å². The Morgan fingerprint density at radius 3 is 2.00 bits per heavy atom. The van der Waals surface area contributed by atoms with Gasteiger partial charge in [0.1, 0.15) is 0 Å². The quantitative estimate of drug-likeness (QED) is 0.399. The second-order valence-electron chi connectivity index (χ2n) is 0.610. The second kappa shape index (κ2) is 6.75. The summed E-state index contributed by atoms with van der Waals surface area (Å²) in [5, 5.41) is 0. The molecule has 0 heterocycles. The van der Waals surface area contributed by atoms with Crippen molar-refractivity contribution in [1.29, 1.82) is 0 Å². The summed E-state index contributed by atoms with van der Waals surface area (Å²) >= 11 is -1.57. The molecule has 4 heteroatoms. The first-order chi connectivity index (χ1) is 2.27. The van der Waals surface area contributed by atoms with E-state index in [0.717, 1.165) is 0 Å². The second-order valence-corrected chi connectivity index (χ2v) is 1.83. The molecule has 0 amide bonds. The van der Waals surface area contributed by atoms with Gasteiger partial charge < -0.3 is 4.55 Å². The minimum Gasteiger partial charge on any atom is -0.306 e. The average Bonchev–Trinajstić information content (AvgIpc) is 1.38. The van der Waals surface area contributed by atoms with Gasteiger partial charge in [0.2, 0.25) is 0 Å². The van der Waals surface area contributed by atoms with Crippen LogP contribution in [0.25, 0.3) is 0 Å². The summed E-state index contributed by atoms with van der Waals surface area (Å²) in [5.41, 5.74) is 0. The van der Waals surface area contributed by atoms with Crippen molar-refractivity contribution in [3.05, 3.63) is 0 Å². The summed E-state index contributed by atoms with van der Waals surface area (Å²) in [4.78, 5) is 0. The number of hydrogen-bond donors (Lipinski definition) is 1.